The van der Waals surface area contributed by atoms with Crippen LogP contribution in [0.2, 0.25) is 0 Å². The topological polar surface area (TPSA) is 112 Å². The van der Waals surface area contributed by atoms with Gasteiger partial charge in [0.1, 0.15) is 17.9 Å². The molecule has 0 aliphatic heterocycles. The van der Waals surface area contributed by atoms with Crippen molar-refractivity contribution in [3.05, 3.63) is 66.1 Å². The van der Waals surface area contributed by atoms with Gasteiger partial charge in [-0.05, 0) is 37.3 Å². The summed E-state index contributed by atoms with van der Waals surface area (Å²) >= 11 is 0. The lowest BCUT2D eigenvalue weighted by molar-refractivity contribution is -0.139. The molecule has 0 atom stereocenters. The molecule has 4 rings (SSSR count). The zero-order valence-corrected chi connectivity index (χ0v) is 19.6. The van der Waals surface area contributed by atoms with E-state index in [4.69, 9.17) is 9.88 Å². The van der Waals surface area contributed by atoms with Gasteiger partial charge in [0.2, 0.25) is 10.0 Å². The molecule has 3 N–H and O–H groups in total. The van der Waals surface area contributed by atoms with Gasteiger partial charge in [0.25, 0.3) is 0 Å². The Morgan fingerprint density at radius 1 is 1.11 bits per heavy atom. The molecule has 0 aliphatic rings. The molecule has 0 saturated carbocycles. The van der Waals surface area contributed by atoms with Crippen molar-refractivity contribution in [1.29, 1.82) is 0 Å². The van der Waals surface area contributed by atoms with Crippen molar-refractivity contribution in [3.63, 3.8) is 0 Å². The van der Waals surface area contributed by atoms with E-state index in [1.54, 1.807) is 7.11 Å². The highest BCUT2D eigenvalue weighted by atomic mass is 32.2. The predicted octanol–water partition coefficient (Wildman–Crippen LogP) is 4.19. The third-order valence-electron chi connectivity index (χ3n) is 5.53. The van der Waals surface area contributed by atoms with Gasteiger partial charge in [-0.25, -0.2) is 23.5 Å². The van der Waals surface area contributed by atoms with Crippen LogP contribution in [-0.4, -0.2) is 36.6 Å². The molecule has 0 bridgehead atoms. The number of primary sulfonamides is 1. The first-order valence-electron chi connectivity index (χ1n) is 10.4. The number of methoxy groups -OCH3 is 1. The number of hydrogen-bond acceptors (Lipinski definition) is 6. The smallest absolute Gasteiger partial charge is 0.417 e. The van der Waals surface area contributed by atoms with Crippen LogP contribution >= 0.6 is 0 Å². The summed E-state index contributed by atoms with van der Waals surface area (Å²) in [6.07, 6.45) is -3.69. The van der Waals surface area contributed by atoms with E-state index < -0.39 is 26.7 Å². The zero-order valence-electron chi connectivity index (χ0n) is 18.8. The van der Waals surface area contributed by atoms with Gasteiger partial charge in [-0.1, -0.05) is 12.1 Å². The molecule has 0 amide bonds. The number of aromatic nitrogens is 3. The Kier molecular flexibility index (Phi) is 6.43. The van der Waals surface area contributed by atoms with E-state index in [9.17, 15) is 21.6 Å². The number of rotatable bonds is 7. The summed E-state index contributed by atoms with van der Waals surface area (Å²) in [4.78, 5) is 7.18. The highest BCUT2D eigenvalue weighted by Crippen LogP contribution is 2.36. The second-order valence-corrected chi connectivity index (χ2v) is 9.33. The molecule has 0 fully saturated rings. The zero-order chi connectivity index (χ0) is 25.4. The van der Waals surface area contributed by atoms with Crippen molar-refractivity contribution >= 4 is 26.7 Å². The van der Waals surface area contributed by atoms with Crippen LogP contribution in [-0.2, 0) is 22.7 Å². The maximum atomic E-state index is 13.5. The van der Waals surface area contributed by atoms with Gasteiger partial charge in [0.05, 0.1) is 28.8 Å². The summed E-state index contributed by atoms with van der Waals surface area (Å²) < 4.78 is 71.1. The molecule has 4 aromatic rings. The molecule has 2 aromatic carbocycles. The third-order valence-corrected chi connectivity index (χ3v) is 6.50. The number of ether oxygens (including phenoxy) is 1. The van der Waals surface area contributed by atoms with E-state index in [1.807, 2.05) is 31.2 Å². The summed E-state index contributed by atoms with van der Waals surface area (Å²) in [6, 6.07) is 12.1. The molecule has 0 spiro atoms. The van der Waals surface area contributed by atoms with E-state index in [2.05, 4.69) is 19.9 Å². The van der Waals surface area contributed by atoms with Crippen molar-refractivity contribution in [2.24, 2.45) is 5.14 Å². The lowest BCUT2D eigenvalue weighted by atomic mass is 10.1. The van der Waals surface area contributed by atoms with Crippen LogP contribution in [0, 0.1) is 6.92 Å². The first-order valence-corrected chi connectivity index (χ1v) is 12.0. The van der Waals surface area contributed by atoms with Crippen LogP contribution in [0.15, 0.2) is 59.8 Å². The monoisotopic (exact) mass is 505 g/mol. The van der Waals surface area contributed by atoms with Gasteiger partial charge >= 0.3 is 6.18 Å². The Morgan fingerprint density at radius 3 is 2.57 bits per heavy atom. The lowest BCUT2D eigenvalue weighted by Crippen LogP contribution is -2.19. The molecule has 0 unspecified atom stereocenters. The number of hydrogen-bond donors (Lipinski definition) is 2. The van der Waals surface area contributed by atoms with Crippen LogP contribution in [0.1, 0.15) is 11.3 Å². The normalized spacial score (nSPS) is 12.2. The highest BCUT2D eigenvalue weighted by Gasteiger charge is 2.36. The molecule has 2 aromatic heterocycles. The average molecular weight is 506 g/mol. The number of nitrogens with one attached hydrogen (secondary N) is 1. The van der Waals surface area contributed by atoms with Crippen LogP contribution in [0.5, 0.6) is 5.75 Å². The lowest BCUT2D eigenvalue weighted by Gasteiger charge is -2.14. The summed E-state index contributed by atoms with van der Waals surface area (Å²) in [7, 11) is -2.94. The SMILES string of the molecule is COc1cccc2c1cc(C)n2CCNc1cc(-c2ccc(S(N)(=O)=O)c(C(F)(F)F)c2)ncn1. The second-order valence-electron chi connectivity index (χ2n) is 7.80. The number of benzene rings is 2. The molecular weight excluding hydrogens is 483 g/mol. The number of alkyl halides is 3. The maximum absolute atomic E-state index is 13.5. The number of anilines is 1. The number of aryl methyl sites for hydroxylation is 1. The van der Waals surface area contributed by atoms with E-state index in [0.717, 1.165) is 28.4 Å². The molecular formula is C23H22F3N5O3S. The number of halogens is 3. The number of nitrogens with two attached hydrogens (primary N) is 1. The first-order chi connectivity index (χ1) is 16.5. The van der Waals surface area contributed by atoms with E-state index in [0.29, 0.717) is 25.0 Å². The largest absolute Gasteiger partial charge is 0.496 e. The fourth-order valence-corrected chi connectivity index (χ4v) is 4.67. The van der Waals surface area contributed by atoms with Gasteiger partial charge in [0.15, 0.2) is 0 Å². The fourth-order valence-electron chi connectivity index (χ4n) is 3.93. The summed E-state index contributed by atoms with van der Waals surface area (Å²) in [5.74, 6) is 1.19. The van der Waals surface area contributed by atoms with Gasteiger partial charge in [-0.3, -0.25) is 0 Å². The third kappa shape index (κ3) is 5.08. The number of sulfonamides is 1. The summed E-state index contributed by atoms with van der Waals surface area (Å²) in [5, 5.41) is 9.10. The van der Waals surface area contributed by atoms with Crippen molar-refractivity contribution < 1.29 is 26.3 Å². The van der Waals surface area contributed by atoms with Gasteiger partial charge < -0.3 is 14.6 Å². The Labute approximate surface area is 199 Å². The van der Waals surface area contributed by atoms with Gasteiger partial charge in [-0.15, -0.1) is 0 Å². The molecule has 0 aliphatic carbocycles. The summed E-state index contributed by atoms with van der Waals surface area (Å²) in [5.41, 5.74) is 0.984. The molecule has 0 saturated heterocycles. The van der Waals surface area contributed by atoms with Crippen molar-refractivity contribution in [2.45, 2.75) is 24.5 Å². The van der Waals surface area contributed by atoms with Crippen LogP contribution in [0.25, 0.3) is 22.2 Å². The van der Waals surface area contributed by atoms with Gasteiger partial charge in [-0.2, -0.15) is 13.2 Å². The quantitative estimate of drug-likeness (QED) is 0.390. The number of fused-ring (bicyclic) bond motifs is 1. The van der Waals surface area contributed by atoms with Crippen LogP contribution in [0.3, 0.4) is 0 Å². The van der Waals surface area contributed by atoms with Crippen molar-refractivity contribution in [2.75, 3.05) is 19.0 Å². The molecule has 2 heterocycles. The molecule has 184 valence electrons. The molecule has 12 heteroatoms. The number of nitrogens with zero attached hydrogens (tertiary/aromatic N) is 3. The minimum Gasteiger partial charge on any atom is -0.496 e. The standard InChI is InChI=1S/C23H22F3N5O3S/c1-14-10-16-19(4-3-5-20(16)34-2)31(14)9-8-28-22-12-18(29-13-30-22)15-6-7-21(35(27,32)33)17(11-15)23(24,25)26/h3-7,10-13H,8-9H2,1-2H3,(H2,27,32,33)(H,28,29,30). The Hall–Kier alpha value is -3.64. The first kappa shape index (κ1) is 24.5. The Morgan fingerprint density at radius 2 is 1.89 bits per heavy atom. The summed E-state index contributed by atoms with van der Waals surface area (Å²) in [6.45, 7) is 3.07. The average Bonchev–Trinajstić information content (AvgIpc) is 3.13. The minimum atomic E-state index is -4.91. The molecule has 8 nitrogen and oxygen atoms in total. The Bertz CT molecular complexity index is 1500. The van der Waals surface area contributed by atoms with Gasteiger partial charge in [0, 0.05) is 35.8 Å². The molecule has 35 heavy (non-hydrogen) atoms. The highest BCUT2D eigenvalue weighted by molar-refractivity contribution is 7.89. The van der Waals surface area contributed by atoms with Crippen molar-refractivity contribution in [3.8, 4) is 17.0 Å². The predicted molar refractivity (Wildman–Crippen MR) is 126 cm³/mol. The fraction of sp³-hybridized carbons (Fsp3) is 0.217. The Balaban J connectivity index is 1.56. The second kappa shape index (κ2) is 9.19. The van der Waals surface area contributed by atoms with E-state index >= 15 is 0 Å². The van der Waals surface area contributed by atoms with Crippen LogP contribution < -0.4 is 15.2 Å². The van der Waals surface area contributed by atoms with Crippen LogP contribution in [0.4, 0.5) is 19.0 Å². The van der Waals surface area contributed by atoms with E-state index in [1.165, 1.54) is 18.5 Å². The molecule has 0 radical (unpaired) electrons. The maximum Gasteiger partial charge on any atom is 0.417 e. The van der Waals surface area contributed by atoms with E-state index in [-0.39, 0.29) is 11.3 Å². The minimum absolute atomic E-state index is 0.0783. The van der Waals surface area contributed by atoms with Crippen molar-refractivity contribution in [1.82, 2.24) is 14.5 Å².